The van der Waals surface area contributed by atoms with Crippen LogP contribution in [0.5, 0.6) is 0 Å². The largest absolute Gasteiger partial charge is 0.207 e. The summed E-state index contributed by atoms with van der Waals surface area (Å²) in [6, 6.07) is 5.83. The Morgan fingerprint density at radius 1 is 0.857 bits per heavy atom. The molecule has 1 aromatic rings. The van der Waals surface area contributed by atoms with Gasteiger partial charge in [0.25, 0.3) is 0 Å². The predicted molar refractivity (Wildman–Crippen MR) is 119 cm³/mol. The molecule has 1 heteroatoms. The highest BCUT2D eigenvalue weighted by Gasteiger charge is 2.22. The summed E-state index contributed by atoms with van der Waals surface area (Å²) in [4.78, 5) is 0. The van der Waals surface area contributed by atoms with Crippen molar-refractivity contribution in [1.29, 1.82) is 0 Å². The molecule has 28 heavy (non-hydrogen) atoms. The maximum Gasteiger partial charge on any atom is 0.126 e. The summed E-state index contributed by atoms with van der Waals surface area (Å²) in [5.41, 5.74) is 3.59. The standard InChI is InChI=1S/C27H41F/c1-3-5-21-6-8-22(9-7-21)10-11-23-12-14-24(15-13-23)16-17-25-18-19-26(4-2)27(28)20-25/h14,18-23H,3-13,15-17H2,1-2H3. The van der Waals surface area contributed by atoms with Gasteiger partial charge in [0.15, 0.2) is 0 Å². The first-order valence-corrected chi connectivity index (χ1v) is 12.1. The molecule has 1 unspecified atom stereocenters. The number of halogens is 1. The number of benzene rings is 1. The van der Waals surface area contributed by atoms with Gasteiger partial charge < -0.3 is 0 Å². The topological polar surface area (TPSA) is 0 Å². The minimum absolute atomic E-state index is 0.0265. The molecule has 156 valence electrons. The lowest BCUT2D eigenvalue weighted by molar-refractivity contribution is 0.236. The number of hydrogen-bond acceptors (Lipinski definition) is 0. The number of hydrogen-bond donors (Lipinski definition) is 0. The molecule has 1 atom stereocenters. The maximum atomic E-state index is 14.0. The smallest absolute Gasteiger partial charge is 0.126 e. The molecule has 0 radical (unpaired) electrons. The van der Waals surface area contributed by atoms with Crippen LogP contribution in [0.1, 0.15) is 102 Å². The molecule has 1 saturated carbocycles. The number of rotatable bonds is 9. The minimum atomic E-state index is -0.0265. The van der Waals surface area contributed by atoms with Crippen LogP contribution in [-0.2, 0) is 12.8 Å². The van der Waals surface area contributed by atoms with E-state index in [0.29, 0.717) is 0 Å². The van der Waals surface area contributed by atoms with E-state index in [9.17, 15) is 4.39 Å². The third-order valence-corrected chi connectivity index (χ3v) is 7.49. The first-order valence-electron chi connectivity index (χ1n) is 12.1. The van der Waals surface area contributed by atoms with Gasteiger partial charge in [0.1, 0.15) is 5.82 Å². The van der Waals surface area contributed by atoms with Gasteiger partial charge in [-0.3, -0.25) is 0 Å². The monoisotopic (exact) mass is 384 g/mol. The fraction of sp³-hybridized carbons (Fsp3) is 0.704. The zero-order valence-corrected chi connectivity index (χ0v) is 18.3. The fourth-order valence-corrected chi connectivity index (χ4v) is 5.46. The second kappa shape index (κ2) is 11.2. The normalized spacial score (nSPS) is 25.5. The molecule has 3 rings (SSSR count). The summed E-state index contributed by atoms with van der Waals surface area (Å²) >= 11 is 0. The third kappa shape index (κ3) is 6.46. The molecule has 0 spiro atoms. The van der Waals surface area contributed by atoms with Crippen LogP contribution in [0.4, 0.5) is 4.39 Å². The van der Waals surface area contributed by atoms with Crippen LogP contribution >= 0.6 is 0 Å². The summed E-state index contributed by atoms with van der Waals surface area (Å²) in [5, 5.41) is 0. The average molecular weight is 385 g/mol. The van der Waals surface area contributed by atoms with E-state index in [-0.39, 0.29) is 5.82 Å². The molecule has 0 bridgehead atoms. The Kier molecular flexibility index (Phi) is 8.62. The van der Waals surface area contributed by atoms with E-state index in [0.717, 1.165) is 48.1 Å². The average Bonchev–Trinajstić information content (AvgIpc) is 2.73. The second-order valence-electron chi connectivity index (χ2n) is 9.53. The van der Waals surface area contributed by atoms with Gasteiger partial charge in [0.05, 0.1) is 0 Å². The Balaban J connectivity index is 1.35. The Hall–Kier alpha value is -1.11. The van der Waals surface area contributed by atoms with E-state index >= 15 is 0 Å². The van der Waals surface area contributed by atoms with Crippen molar-refractivity contribution in [1.82, 2.24) is 0 Å². The lowest BCUT2D eigenvalue weighted by Gasteiger charge is -2.30. The van der Waals surface area contributed by atoms with Gasteiger partial charge in [-0.1, -0.05) is 82.6 Å². The zero-order chi connectivity index (χ0) is 19.8. The second-order valence-corrected chi connectivity index (χ2v) is 9.53. The van der Waals surface area contributed by atoms with Crippen molar-refractivity contribution < 1.29 is 4.39 Å². The first-order chi connectivity index (χ1) is 13.7. The number of aryl methyl sites for hydroxylation is 2. The molecular weight excluding hydrogens is 343 g/mol. The van der Waals surface area contributed by atoms with Gasteiger partial charge in [-0.05, 0) is 79.9 Å². The van der Waals surface area contributed by atoms with E-state index in [2.05, 4.69) is 19.1 Å². The molecule has 2 aliphatic rings. The van der Waals surface area contributed by atoms with Gasteiger partial charge in [-0.15, -0.1) is 0 Å². The summed E-state index contributed by atoms with van der Waals surface area (Å²) in [6.45, 7) is 4.34. The molecule has 2 aliphatic carbocycles. The van der Waals surface area contributed by atoms with Crippen LogP contribution in [-0.4, -0.2) is 0 Å². The summed E-state index contributed by atoms with van der Waals surface area (Å²) in [6.07, 6.45) is 21.0. The Labute approximate surface area is 173 Å². The molecule has 0 aromatic heterocycles. The zero-order valence-electron chi connectivity index (χ0n) is 18.3. The van der Waals surface area contributed by atoms with Gasteiger partial charge in [0, 0.05) is 0 Å². The highest BCUT2D eigenvalue weighted by atomic mass is 19.1. The first kappa shape index (κ1) is 21.6. The molecule has 1 fully saturated rings. The summed E-state index contributed by atoms with van der Waals surface area (Å²) < 4.78 is 14.0. The van der Waals surface area contributed by atoms with Crippen molar-refractivity contribution in [2.45, 2.75) is 104 Å². The number of allylic oxidation sites excluding steroid dienone is 2. The Morgan fingerprint density at radius 2 is 1.57 bits per heavy atom. The summed E-state index contributed by atoms with van der Waals surface area (Å²) in [5.74, 6) is 2.94. The van der Waals surface area contributed by atoms with Crippen LogP contribution in [0.15, 0.2) is 29.8 Å². The van der Waals surface area contributed by atoms with Crippen molar-refractivity contribution in [3.8, 4) is 0 Å². The van der Waals surface area contributed by atoms with Gasteiger partial charge >= 0.3 is 0 Å². The molecule has 0 N–H and O–H groups in total. The van der Waals surface area contributed by atoms with Crippen LogP contribution in [0.2, 0.25) is 0 Å². The van der Waals surface area contributed by atoms with Gasteiger partial charge in [-0.25, -0.2) is 4.39 Å². The van der Waals surface area contributed by atoms with Crippen LogP contribution in [0.3, 0.4) is 0 Å². The Morgan fingerprint density at radius 3 is 2.18 bits per heavy atom. The SMILES string of the molecule is CCCC1CCC(CCC2CC=C(CCc3ccc(CC)c(F)c3)CC2)CC1. The van der Waals surface area contributed by atoms with E-state index in [1.54, 1.807) is 11.6 Å². The third-order valence-electron chi connectivity index (χ3n) is 7.49. The van der Waals surface area contributed by atoms with Crippen molar-refractivity contribution in [3.63, 3.8) is 0 Å². The highest BCUT2D eigenvalue weighted by Crippen LogP contribution is 2.36. The van der Waals surface area contributed by atoms with E-state index in [1.165, 1.54) is 70.6 Å². The van der Waals surface area contributed by atoms with Crippen LogP contribution in [0.25, 0.3) is 0 Å². The molecular formula is C27H41F. The van der Waals surface area contributed by atoms with E-state index < -0.39 is 0 Å². The van der Waals surface area contributed by atoms with Crippen molar-refractivity contribution in [3.05, 3.63) is 46.8 Å². The van der Waals surface area contributed by atoms with Gasteiger partial charge in [-0.2, -0.15) is 0 Å². The molecule has 0 nitrogen and oxygen atoms in total. The van der Waals surface area contributed by atoms with Crippen LogP contribution < -0.4 is 0 Å². The fourth-order valence-electron chi connectivity index (χ4n) is 5.46. The van der Waals surface area contributed by atoms with Crippen molar-refractivity contribution >= 4 is 0 Å². The van der Waals surface area contributed by atoms with E-state index in [1.807, 2.05) is 13.0 Å². The van der Waals surface area contributed by atoms with E-state index in [4.69, 9.17) is 0 Å². The van der Waals surface area contributed by atoms with Crippen molar-refractivity contribution in [2.24, 2.45) is 17.8 Å². The summed E-state index contributed by atoms with van der Waals surface area (Å²) in [7, 11) is 0. The lowest BCUT2D eigenvalue weighted by Crippen LogP contribution is -2.16. The quantitative estimate of drug-likeness (QED) is 0.375. The maximum absolute atomic E-state index is 14.0. The van der Waals surface area contributed by atoms with Crippen molar-refractivity contribution in [2.75, 3.05) is 0 Å². The highest BCUT2D eigenvalue weighted by molar-refractivity contribution is 5.25. The minimum Gasteiger partial charge on any atom is -0.207 e. The Bertz CT molecular complexity index is 621. The predicted octanol–water partition coefficient (Wildman–Crippen LogP) is 8.43. The molecule has 1 aromatic carbocycles. The van der Waals surface area contributed by atoms with Gasteiger partial charge in [0.2, 0.25) is 0 Å². The molecule has 0 amide bonds. The molecule has 0 aliphatic heterocycles. The molecule has 0 heterocycles. The van der Waals surface area contributed by atoms with Crippen LogP contribution in [0, 0.1) is 23.6 Å². The molecule has 0 saturated heterocycles. The lowest BCUT2D eigenvalue weighted by atomic mass is 9.76.